The molecule has 25 heavy (non-hydrogen) atoms. The molecule has 4 heteroatoms. The molecule has 2 aromatic rings. The molecule has 0 aliphatic rings. The van der Waals surface area contributed by atoms with Gasteiger partial charge in [-0.2, -0.15) is 0 Å². The standard InChI is InChI=1S/C21H23NO3/c1-3-17(18-7-5-4-6-8-18)15-22-20(23)14-11-16-9-12-19(13-10-16)21(24)25-2/h4-14,17H,3,15H2,1-2H3,(H,22,23)/b14-11+. The molecule has 0 aromatic heterocycles. The van der Waals surface area contributed by atoms with E-state index in [2.05, 4.69) is 29.1 Å². The van der Waals surface area contributed by atoms with Crippen LogP contribution in [-0.4, -0.2) is 25.5 Å². The summed E-state index contributed by atoms with van der Waals surface area (Å²) in [6.07, 6.45) is 4.19. The van der Waals surface area contributed by atoms with Crippen molar-refractivity contribution in [2.75, 3.05) is 13.7 Å². The predicted molar refractivity (Wildman–Crippen MR) is 99.3 cm³/mol. The number of carbonyl (C=O) groups excluding carboxylic acids is 2. The highest BCUT2D eigenvalue weighted by molar-refractivity contribution is 5.92. The third-order valence-electron chi connectivity index (χ3n) is 4.05. The number of ether oxygens (including phenoxy) is 1. The number of nitrogens with one attached hydrogen (secondary N) is 1. The average Bonchev–Trinajstić information content (AvgIpc) is 2.67. The quantitative estimate of drug-likeness (QED) is 0.618. The van der Waals surface area contributed by atoms with Crippen molar-refractivity contribution < 1.29 is 14.3 Å². The van der Waals surface area contributed by atoms with Crippen molar-refractivity contribution in [1.82, 2.24) is 5.32 Å². The lowest BCUT2D eigenvalue weighted by molar-refractivity contribution is -0.116. The number of esters is 1. The smallest absolute Gasteiger partial charge is 0.337 e. The monoisotopic (exact) mass is 337 g/mol. The van der Waals surface area contributed by atoms with Gasteiger partial charge in [-0.15, -0.1) is 0 Å². The van der Waals surface area contributed by atoms with Crippen molar-refractivity contribution >= 4 is 18.0 Å². The summed E-state index contributed by atoms with van der Waals surface area (Å²) in [5.41, 5.74) is 2.56. The van der Waals surface area contributed by atoms with Gasteiger partial charge in [0.1, 0.15) is 0 Å². The Balaban J connectivity index is 1.89. The fourth-order valence-electron chi connectivity index (χ4n) is 2.53. The van der Waals surface area contributed by atoms with Crippen LogP contribution < -0.4 is 5.32 Å². The molecule has 0 saturated heterocycles. The summed E-state index contributed by atoms with van der Waals surface area (Å²) in [4.78, 5) is 23.4. The summed E-state index contributed by atoms with van der Waals surface area (Å²) in [7, 11) is 1.35. The van der Waals surface area contributed by atoms with E-state index in [1.807, 2.05) is 18.2 Å². The molecule has 130 valence electrons. The van der Waals surface area contributed by atoms with Crippen LogP contribution in [0.15, 0.2) is 60.7 Å². The van der Waals surface area contributed by atoms with Crippen LogP contribution in [0.1, 0.15) is 40.7 Å². The lowest BCUT2D eigenvalue weighted by atomic mass is 9.96. The molecule has 4 nitrogen and oxygen atoms in total. The van der Waals surface area contributed by atoms with Crippen LogP contribution >= 0.6 is 0 Å². The van der Waals surface area contributed by atoms with E-state index in [-0.39, 0.29) is 11.9 Å². The molecule has 0 aliphatic carbocycles. The van der Waals surface area contributed by atoms with E-state index in [4.69, 9.17) is 0 Å². The van der Waals surface area contributed by atoms with Crippen molar-refractivity contribution in [3.63, 3.8) is 0 Å². The molecule has 1 amide bonds. The number of hydrogen-bond acceptors (Lipinski definition) is 3. The van der Waals surface area contributed by atoms with Gasteiger partial charge in [0, 0.05) is 18.5 Å². The fraction of sp³-hybridized carbons (Fsp3) is 0.238. The van der Waals surface area contributed by atoms with Crippen molar-refractivity contribution in [3.8, 4) is 0 Å². The third kappa shape index (κ3) is 5.60. The Morgan fingerprint density at radius 1 is 1.08 bits per heavy atom. The molecule has 0 aliphatic heterocycles. The van der Waals surface area contributed by atoms with Crippen molar-refractivity contribution in [1.29, 1.82) is 0 Å². The van der Waals surface area contributed by atoms with E-state index in [0.717, 1.165) is 12.0 Å². The Bertz CT molecular complexity index is 721. The molecule has 1 N–H and O–H groups in total. The van der Waals surface area contributed by atoms with Gasteiger partial charge in [-0.25, -0.2) is 4.79 Å². The minimum atomic E-state index is -0.375. The second-order valence-electron chi connectivity index (χ2n) is 5.71. The van der Waals surface area contributed by atoms with Crippen LogP contribution in [0.3, 0.4) is 0 Å². The van der Waals surface area contributed by atoms with Crippen molar-refractivity contribution in [3.05, 3.63) is 77.4 Å². The molecule has 0 bridgehead atoms. The second kappa shape index (κ2) is 9.42. The molecule has 0 saturated carbocycles. The number of rotatable bonds is 7. The van der Waals surface area contributed by atoms with E-state index >= 15 is 0 Å². The molecule has 2 rings (SSSR count). The average molecular weight is 337 g/mol. The summed E-state index contributed by atoms with van der Waals surface area (Å²) in [5, 5.41) is 2.94. The molecular formula is C21H23NO3. The fourth-order valence-corrected chi connectivity index (χ4v) is 2.53. The summed E-state index contributed by atoms with van der Waals surface area (Å²) in [6.45, 7) is 2.72. The Morgan fingerprint density at radius 2 is 1.76 bits per heavy atom. The van der Waals surface area contributed by atoms with E-state index in [0.29, 0.717) is 18.0 Å². The lowest BCUT2D eigenvalue weighted by Crippen LogP contribution is -2.26. The maximum atomic E-state index is 12.0. The Labute approximate surface area is 148 Å². The number of benzene rings is 2. The molecular weight excluding hydrogens is 314 g/mol. The zero-order valence-electron chi connectivity index (χ0n) is 14.6. The van der Waals surface area contributed by atoms with Crippen LogP contribution in [0.4, 0.5) is 0 Å². The third-order valence-corrected chi connectivity index (χ3v) is 4.05. The van der Waals surface area contributed by atoms with Crippen molar-refractivity contribution in [2.45, 2.75) is 19.3 Å². The molecule has 0 radical (unpaired) electrons. The van der Waals surface area contributed by atoms with Crippen LogP contribution in [0.25, 0.3) is 6.08 Å². The summed E-state index contributed by atoms with van der Waals surface area (Å²) < 4.78 is 4.65. The zero-order chi connectivity index (χ0) is 18.1. The maximum absolute atomic E-state index is 12.0. The highest BCUT2D eigenvalue weighted by atomic mass is 16.5. The van der Waals surface area contributed by atoms with Crippen LogP contribution in [0.5, 0.6) is 0 Å². The van der Waals surface area contributed by atoms with Crippen LogP contribution in [0.2, 0.25) is 0 Å². The summed E-state index contributed by atoms with van der Waals surface area (Å²) >= 11 is 0. The molecule has 1 atom stereocenters. The van der Waals surface area contributed by atoms with Gasteiger partial charge in [-0.1, -0.05) is 49.4 Å². The van der Waals surface area contributed by atoms with Gasteiger partial charge in [0.2, 0.25) is 5.91 Å². The Kier molecular flexibility index (Phi) is 6.96. The van der Waals surface area contributed by atoms with E-state index in [1.54, 1.807) is 30.3 Å². The molecule has 2 aromatic carbocycles. The normalized spacial score (nSPS) is 11.9. The lowest BCUT2D eigenvalue weighted by Gasteiger charge is -2.15. The highest BCUT2D eigenvalue weighted by Crippen LogP contribution is 2.17. The summed E-state index contributed by atoms with van der Waals surface area (Å²) in [6, 6.07) is 17.1. The molecule has 0 fully saturated rings. The first-order chi connectivity index (χ1) is 12.1. The SMILES string of the molecule is CCC(CNC(=O)/C=C/c1ccc(C(=O)OC)cc1)c1ccccc1. The first-order valence-electron chi connectivity index (χ1n) is 8.33. The molecule has 1 unspecified atom stereocenters. The van der Waals surface area contributed by atoms with Gasteiger partial charge in [0.15, 0.2) is 0 Å². The largest absolute Gasteiger partial charge is 0.465 e. The minimum absolute atomic E-state index is 0.133. The van der Waals surface area contributed by atoms with Gasteiger partial charge in [0.05, 0.1) is 12.7 Å². The molecule has 0 spiro atoms. The second-order valence-corrected chi connectivity index (χ2v) is 5.71. The number of methoxy groups -OCH3 is 1. The summed E-state index contributed by atoms with van der Waals surface area (Å²) in [5.74, 6) is -0.205. The van der Waals surface area contributed by atoms with E-state index in [1.165, 1.54) is 18.7 Å². The van der Waals surface area contributed by atoms with Gasteiger partial charge in [-0.05, 0) is 35.8 Å². The zero-order valence-corrected chi connectivity index (χ0v) is 14.6. The predicted octanol–water partition coefficient (Wildman–Crippen LogP) is 3.80. The van der Waals surface area contributed by atoms with Crippen LogP contribution in [-0.2, 0) is 9.53 Å². The number of amides is 1. The van der Waals surface area contributed by atoms with E-state index in [9.17, 15) is 9.59 Å². The first kappa shape index (κ1) is 18.5. The van der Waals surface area contributed by atoms with E-state index < -0.39 is 0 Å². The maximum Gasteiger partial charge on any atom is 0.337 e. The van der Waals surface area contributed by atoms with Gasteiger partial charge in [-0.3, -0.25) is 4.79 Å². The Morgan fingerprint density at radius 3 is 2.36 bits per heavy atom. The van der Waals surface area contributed by atoms with Gasteiger partial charge < -0.3 is 10.1 Å². The van der Waals surface area contributed by atoms with Gasteiger partial charge in [0.25, 0.3) is 0 Å². The Hall–Kier alpha value is -2.88. The number of carbonyl (C=O) groups is 2. The molecule has 0 heterocycles. The van der Waals surface area contributed by atoms with Crippen LogP contribution in [0, 0.1) is 0 Å². The number of hydrogen-bond donors (Lipinski definition) is 1. The first-order valence-corrected chi connectivity index (χ1v) is 8.33. The minimum Gasteiger partial charge on any atom is -0.465 e. The topological polar surface area (TPSA) is 55.4 Å². The van der Waals surface area contributed by atoms with Crippen molar-refractivity contribution in [2.24, 2.45) is 0 Å². The van der Waals surface area contributed by atoms with Gasteiger partial charge >= 0.3 is 5.97 Å². The highest BCUT2D eigenvalue weighted by Gasteiger charge is 2.09.